The van der Waals surface area contributed by atoms with E-state index < -0.39 is 11.7 Å². The van der Waals surface area contributed by atoms with E-state index in [9.17, 15) is 13.2 Å². The minimum atomic E-state index is -4.29. The maximum atomic E-state index is 12.3. The largest absolute Gasteiger partial charge is 0.416 e. The van der Waals surface area contributed by atoms with Gasteiger partial charge in [-0.2, -0.15) is 13.2 Å². The van der Waals surface area contributed by atoms with Gasteiger partial charge in [-0.1, -0.05) is 24.3 Å². The highest BCUT2D eigenvalue weighted by atomic mass is 19.4. The van der Waals surface area contributed by atoms with Gasteiger partial charge in [0.15, 0.2) is 0 Å². The smallest absolute Gasteiger partial charge is 0.325 e. The molecule has 4 heteroatoms. The number of hydrogen-bond acceptors (Lipinski definition) is 1. The fourth-order valence-electron chi connectivity index (χ4n) is 1.08. The van der Waals surface area contributed by atoms with Crippen molar-refractivity contribution in [1.29, 1.82) is 0 Å². The van der Waals surface area contributed by atoms with Crippen LogP contribution in [-0.4, -0.2) is 6.04 Å². The standard InChI is InChI=1S/C11H12F3N/c1-8(15)5-6-9-3-2-4-10(7-9)11(12,13)14/h2-8H,15H2,1H3/b6-5+. The molecular formula is C11H12F3N. The Balaban J connectivity index is 2.93. The van der Waals surface area contributed by atoms with Gasteiger partial charge in [0.2, 0.25) is 0 Å². The molecule has 1 rings (SSSR count). The molecule has 15 heavy (non-hydrogen) atoms. The minimum absolute atomic E-state index is 0.167. The monoisotopic (exact) mass is 215 g/mol. The molecule has 0 amide bonds. The average Bonchev–Trinajstić information content (AvgIpc) is 2.14. The molecule has 0 spiro atoms. The summed E-state index contributed by atoms with van der Waals surface area (Å²) < 4.78 is 37.0. The van der Waals surface area contributed by atoms with Gasteiger partial charge in [-0.25, -0.2) is 0 Å². The number of alkyl halides is 3. The van der Waals surface area contributed by atoms with Crippen LogP contribution in [0.1, 0.15) is 18.1 Å². The Morgan fingerprint density at radius 3 is 2.53 bits per heavy atom. The zero-order valence-corrected chi connectivity index (χ0v) is 8.25. The van der Waals surface area contributed by atoms with Crippen molar-refractivity contribution in [2.24, 2.45) is 5.73 Å². The molecule has 0 aromatic heterocycles. The predicted octanol–water partition coefficient (Wildman–Crippen LogP) is 3.07. The zero-order chi connectivity index (χ0) is 11.5. The van der Waals surface area contributed by atoms with E-state index in [0.29, 0.717) is 5.56 Å². The van der Waals surface area contributed by atoms with Crippen LogP contribution in [-0.2, 0) is 6.18 Å². The second-order valence-electron chi connectivity index (χ2n) is 3.34. The van der Waals surface area contributed by atoms with Crippen molar-refractivity contribution >= 4 is 6.08 Å². The van der Waals surface area contributed by atoms with E-state index >= 15 is 0 Å². The van der Waals surface area contributed by atoms with Crippen LogP contribution >= 0.6 is 0 Å². The van der Waals surface area contributed by atoms with Crippen molar-refractivity contribution in [3.8, 4) is 0 Å². The Morgan fingerprint density at radius 1 is 1.33 bits per heavy atom. The fourth-order valence-corrected chi connectivity index (χ4v) is 1.08. The van der Waals surface area contributed by atoms with Crippen molar-refractivity contribution in [1.82, 2.24) is 0 Å². The molecule has 1 atom stereocenters. The Kier molecular flexibility index (Phi) is 3.52. The average molecular weight is 215 g/mol. The van der Waals surface area contributed by atoms with Crippen LogP contribution in [0.2, 0.25) is 0 Å². The molecule has 0 saturated heterocycles. The van der Waals surface area contributed by atoms with E-state index in [1.807, 2.05) is 0 Å². The van der Waals surface area contributed by atoms with Crippen LogP contribution in [0.15, 0.2) is 30.3 Å². The summed E-state index contributed by atoms with van der Waals surface area (Å²) in [4.78, 5) is 0. The second-order valence-corrected chi connectivity index (χ2v) is 3.34. The lowest BCUT2D eigenvalue weighted by molar-refractivity contribution is -0.137. The van der Waals surface area contributed by atoms with Crippen LogP contribution in [0.3, 0.4) is 0 Å². The molecule has 0 radical (unpaired) electrons. The van der Waals surface area contributed by atoms with Gasteiger partial charge in [0.25, 0.3) is 0 Å². The molecule has 0 aliphatic rings. The first kappa shape index (κ1) is 11.8. The fraction of sp³-hybridized carbons (Fsp3) is 0.273. The van der Waals surface area contributed by atoms with Crippen molar-refractivity contribution in [2.75, 3.05) is 0 Å². The lowest BCUT2D eigenvalue weighted by Gasteiger charge is -2.06. The summed E-state index contributed by atoms with van der Waals surface area (Å²) in [6, 6.07) is 4.96. The van der Waals surface area contributed by atoms with Crippen molar-refractivity contribution in [3.05, 3.63) is 41.5 Å². The Labute approximate surface area is 86.4 Å². The van der Waals surface area contributed by atoms with Crippen LogP contribution in [0.25, 0.3) is 6.08 Å². The third-order valence-electron chi connectivity index (χ3n) is 1.81. The van der Waals surface area contributed by atoms with Crippen LogP contribution in [0, 0.1) is 0 Å². The molecule has 0 fully saturated rings. The van der Waals surface area contributed by atoms with Gasteiger partial charge in [-0.05, 0) is 24.6 Å². The molecule has 1 aromatic carbocycles. The Bertz CT molecular complexity index is 353. The normalized spacial score (nSPS) is 14.5. The molecule has 0 heterocycles. The first-order chi connectivity index (χ1) is 6.89. The molecule has 0 saturated carbocycles. The summed E-state index contributed by atoms with van der Waals surface area (Å²) in [5, 5.41) is 0. The maximum absolute atomic E-state index is 12.3. The van der Waals surface area contributed by atoms with Gasteiger partial charge in [-0.15, -0.1) is 0 Å². The molecule has 1 unspecified atom stereocenters. The van der Waals surface area contributed by atoms with E-state index in [-0.39, 0.29) is 6.04 Å². The highest BCUT2D eigenvalue weighted by Gasteiger charge is 2.30. The van der Waals surface area contributed by atoms with Gasteiger partial charge in [0, 0.05) is 6.04 Å². The SMILES string of the molecule is CC(N)/C=C/c1cccc(C(F)(F)F)c1. The van der Waals surface area contributed by atoms with E-state index in [1.165, 1.54) is 6.07 Å². The number of nitrogens with two attached hydrogens (primary N) is 1. The first-order valence-corrected chi connectivity index (χ1v) is 4.50. The second kappa shape index (κ2) is 4.49. The highest BCUT2D eigenvalue weighted by molar-refractivity contribution is 5.51. The number of halogens is 3. The molecule has 1 aromatic rings. The molecule has 0 aliphatic carbocycles. The van der Waals surface area contributed by atoms with Gasteiger partial charge in [0.05, 0.1) is 5.56 Å². The van der Waals surface area contributed by atoms with Gasteiger partial charge < -0.3 is 5.73 Å². The maximum Gasteiger partial charge on any atom is 0.416 e. The third-order valence-corrected chi connectivity index (χ3v) is 1.81. The van der Waals surface area contributed by atoms with Crippen molar-refractivity contribution < 1.29 is 13.2 Å². The molecule has 2 N–H and O–H groups in total. The summed E-state index contributed by atoms with van der Waals surface area (Å²) in [7, 11) is 0. The Hall–Kier alpha value is -1.29. The van der Waals surface area contributed by atoms with E-state index in [1.54, 1.807) is 25.1 Å². The number of benzene rings is 1. The lowest BCUT2D eigenvalue weighted by atomic mass is 10.1. The summed E-state index contributed by atoms with van der Waals surface area (Å²) in [6.07, 6.45) is -1.06. The number of rotatable bonds is 2. The van der Waals surface area contributed by atoms with E-state index in [2.05, 4.69) is 0 Å². The summed E-state index contributed by atoms with van der Waals surface area (Å²) in [5.41, 5.74) is 5.31. The number of hydrogen-bond donors (Lipinski definition) is 1. The Morgan fingerprint density at radius 2 is 2.00 bits per heavy atom. The molecule has 0 bridgehead atoms. The van der Waals surface area contributed by atoms with Crippen LogP contribution in [0.4, 0.5) is 13.2 Å². The zero-order valence-electron chi connectivity index (χ0n) is 8.25. The van der Waals surface area contributed by atoms with E-state index in [0.717, 1.165) is 12.1 Å². The highest BCUT2D eigenvalue weighted by Crippen LogP contribution is 2.29. The summed E-state index contributed by atoms with van der Waals surface area (Å²) >= 11 is 0. The van der Waals surface area contributed by atoms with Gasteiger partial charge in [0.1, 0.15) is 0 Å². The topological polar surface area (TPSA) is 26.0 Å². The minimum Gasteiger partial charge on any atom is -0.325 e. The molecule has 82 valence electrons. The molecular weight excluding hydrogens is 203 g/mol. The van der Waals surface area contributed by atoms with Gasteiger partial charge in [-0.3, -0.25) is 0 Å². The van der Waals surface area contributed by atoms with E-state index in [4.69, 9.17) is 5.73 Å². The van der Waals surface area contributed by atoms with Crippen LogP contribution in [0.5, 0.6) is 0 Å². The van der Waals surface area contributed by atoms with Crippen molar-refractivity contribution in [3.63, 3.8) is 0 Å². The summed E-state index contributed by atoms with van der Waals surface area (Å²) in [6.45, 7) is 1.75. The lowest BCUT2D eigenvalue weighted by Crippen LogP contribution is -2.10. The first-order valence-electron chi connectivity index (χ1n) is 4.50. The molecule has 0 aliphatic heterocycles. The van der Waals surface area contributed by atoms with Gasteiger partial charge >= 0.3 is 6.18 Å². The predicted molar refractivity (Wildman–Crippen MR) is 54.1 cm³/mol. The third kappa shape index (κ3) is 3.75. The summed E-state index contributed by atoms with van der Waals surface area (Å²) in [5.74, 6) is 0. The van der Waals surface area contributed by atoms with Crippen LogP contribution < -0.4 is 5.73 Å². The quantitative estimate of drug-likeness (QED) is 0.806. The molecule has 1 nitrogen and oxygen atoms in total. The van der Waals surface area contributed by atoms with Crippen molar-refractivity contribution in [2.45, 2.75) is 19.1 Å².